The zero-order valence-electron chi connectivity index (χ0n) is 13.9. The Hall–Kier alpha value is -1.78. The van der Waals surface area contributed by atoms with Crippen molar-refractivity contribution in [2.24, 2.45) is 0 Å². The number of anilines is 1. The van der Waals surface area contributed by atoms with Gasteiger partial charge in [0.2, 0.25) is 0 Å². The summed E-state index contributed by atoms with van der Waals surface area (Å²) < 4.78 is 10.2. The fraction of sp³-hybridized carbons (Fsp3) is 0.529. The van der Waals surface area contributed by atoms with Crippen LogP contribution in [0.1, 0.15) is 19.3 Å². The summed E-state index contributed by atoms with van der Waals surface area (Å²) in [5.41, 5.74) is 1.04. The number of guanidine groups is 1. The van der Waals surface area contributed by atoms with Gasteiger partial charge in [-0.2, -0.15) is 0 Å². The predicted molar refractivity (Wildman–Crippen MR) is 99.3 cm³/mol. The van der Waals surface area contributed by atoms with E-state index in [9.17, 15) is 0 Å². The molecule has 2 fully saturated rings. The lowest BCUT2D eigenvalue weighted by Gasteiger charge is -2.23. The highest BCUT2D eigenvalue weighted by Gasteiger charge is 2.25. The van der Waals surface area contributed by atoms with Gasteiger partial charge in [0, 0.05) is 12.8 Å². The Bertz CT molecular complexity index is 589. The maximum absolute atomic E-state index is 5.23. The number of rotatable bonds is 2. The van der Waals surface area contributed by atoms with Crippen LogP contribution in [0.25, 0.3) is 0 Å². The molecule has 0 aliphatic carbocycles. The number of amidine groups is 1. The van der Waals surface area contributed by atoms with Gasteiger partial charge in [-0.05, 0) is 55.3 Å². The first-order valence-electron chi connectivity index (χ1n) is 8.22. The zero-order chi connectivity index (χ0) is 16.1. The molecule has 5 nitrogen and oxygen atoms in total. The fourth-order valence-electron chi connectivity index (χ4n) is 2.77. The Morgan fingerprint density at radius 3 is 2.48 bits per heavy atom. The normalized spacial score (nSPS) is 17.9. The standard InChI is InChI=1S/C17H24N4OS/c1-20-12-13-23-17(20)19-16(21-10-4-3-5-11-21)18-14-6-8-15(22-2)9-7-14/h6-9H,3-5,10-13H2,1-2H3/p+1. The van der Waals surface area contributed by atoms with Crippen molar-refractivity contribution >= 4 is 28.6 Å². The number of hydrogen-bond donors (Lipinski definition) is 1. The summed E-state index contributed by atoms with van der Waals surface area (Å²) in [5.74, 6) is 2.95. The lowest BCUT2D eigenvalue weighted by molar-refractivity contribution is 0.341. The third kappa shape index (κ3) is 4.15. The molecule has 2 saturated heterocycles. The Morgan fingerprint density at radius 1 is 1.13 bits per heavy atom. The van der Waals surface area contributed by atoms with Crippen LogP contribution in [0.15, 0.2) is 24.3 Å². The lowest BCUT2D eigenvalue weighted by atomic mass is 10.1. The highest BCUT2D eigenvalue weighted by molar-refractivity contribution is 8.14. The van der Waals surface area contributed by atoms with E-state index in [2.05, 4.69) is 22.2 Å². The van der Waals surface area contributed by atoms with Crippen molar-refractivity contribution in [3.8, 4) is 5.75 Å². The van der Waals surface area contributed by atoms with Crippen LogP contribution in [0.4, 0.5) is 5.69 Å². The van der Waals surface area contributed by atoms with Crippen molar-refractivity contribution in [2.75, 3.05) is 44.9 Å². The first-order chi connectivity index (χ1) is 11.3. The third-order valence-corrected chi connectivity index (χ3v) is 5.24. The molecule has 2 aliphatic rings. The predicted octanol–water partition coefficient (Wildman–Crippen LogP) is 2.05. The molecule has 1 aromatic carbocycles. The maximum atomic E-state index is 5.23. The second kappa shape index (κ2) is 7.66. The molecule has 1 N–H and O–H groups in total. The maximum Gasteiger partial charge on any atom is 0.402 e. The van der Waals surface area contributed by atoms with E-state index in [-0.39, 0.29) is 0 Å². The van der Waals surface area contributed by atoms with Gasteiger partial charge in [-0.1, -0.05) is 0 Å². The van der Waals surface area contributed by atoms with Crippen molar-refractivity contribution in [3.05, 3.63) is 24.3 Å². The number of methoxy groups -OCH3 is 1. The molecule has 0 aromatic heterocycles. The first-order valence-corrected chi connectivity index (χ1v) is 9.20. The van der Waals surface area contributed by atoms with E-state index in [4.69, 9.17) is 9.40 Å². The van der Waals surface area contributed by atoms with Crippen LogP contribution in [0, 0.1) is 0 Å². The Labute approximate surface area is 142 Å². The van der Waals surface area contributed by atoms with Crippen LogP contribution in [-0.4, -0.2) is 60.5 Å². The van der Waals surface area contributed by atoms with Gasteiger partial charge in [0.05, 0.1) is 32.4 Å². The second-order valence-electron chi connectivity index (χ2n) is 5.89. The molecule has 2 aliphatic heterocycles. The largest absolute Gasteiger partial charge is 0.497 e. The molecule has 1 aromatic rings. The van der Waals surface area contributed by atoms with Crippen molar-refractivity contribution in [3.63, 3.8) is 0 Å². The van der Waals surface area contributed by atoms with E-state index in [1.165, 1.54) is 19.3 Å². The summed E-state index contributed by atoms with van der Waals surface area (Å²) in [5, 5.41) is 4.61. The summed E-state index contributed by atoms with van der Waals surface area (Å²) in [6, 6.07) is 8.02. The molecular formula is C17H25N4OS+. The minimum absolute atomic E-state index is 0.868. The Morgan fingerprint density at radius 2 is 1.87 bits per heavy atom. The molecule has 0 saturated carbocycles. The molecule has 23 heavy (non-hydrogen) atoms. The molecule has 6 heteroatoms. The van der Waals surface area contributed by atoms with Gasteiger partial charge in [0.15, 0.2) is 0 Å². The van der Waals surface area contributed by atoms with Gasteiger partial charge in [-0.3, -0.25) is 15.1 Å². The van der Waals surface area contributed by atoms with Gasteiger partial charge in [-0.25, -0.2) is 4.67 Å². The molecule has 124 valence electrons. The Balaban J connectivity index is 1.86. The van der Waals surface area contributed by atoms with Gasteiger partial charge in [0.25, 0.3) is 0 Å². The van der Waals surface area contributed by atoms with Crippen molar-refractivity contribution in [2.45, 2.75) is 19.3 Å². The van der Waals surface area contributed by atoms with E-state index in [1.54, 1.807) is 7.11 Å². The van der Waals surface area contributed by atoms with Gasteiger partial charge in [-0.15, -0.1) is 0 Å². The monoisotopic (exact) mass is 333 g/mol. The summed E-state index contributed by atoms with van der Waals surface area (Å²) in [4.78, 5) is 4.60. The summed E-state index contributed by atoms with van der Waals surface area (Å²) in [7, 11) is 3.80. The molecule has 0 bridgehead atoms. The zero-order valence-corrected chi connectivity index (χ0v) is 14.7. The summed E-state index contributed by atoms with van der Waals surface area (Å²) in [6.45, 7) is 3.21. The lowest BCUT2D eigenvalue weighted by Crippen LogP contribution is -2.42. The first kappa shape index (κ1) is 16.1. The van der Waals surface area contributed by atoms with Crippen molar-refractivity contribution in [1.82, 2.24) is 14.5 Å². The van der Waals surface area contributed by atoms with Crippen LogP contribution in [0.3, 0.4) is 0 Å². The minimum atomic E-state index is 0.868. The van der Waals surface area contributed by atoms with Crippen LogP contribution < -0.4 is 14.7 Å². The van der Waals surface area contributed by atoms with Crippen molar-refractivity contribution < 1.29 is 4.74 Å². The number of nitrogens with zero attached hydrogens (tertiary/aromatic N) is 3. The molecule has 2 heterocycles. The third-order valence-electron chi connectivity index (χ3n) is 4.19. The van der Waals surface area contributed by atoms with Crippen LogP contribution in [-0.2, 0) is 0 Å². The average Bonchev–Trinajstić information content (AvgIpc) is 3.00. The summed E-state index contributed by atoms with van der Waals surface area (Å²) >= 11 is 1.83. The number of ether oxygens (including phenoxy) is 1. The van der Waals surface area contributed by atoms with Crippen molar-refractivity contribution in [1.29, 1.82) is 0 Å². The van der Waals surface area contributed by atoms with E-state index in [1.807, 2.05) is 36.0 Å². The average molecular weight is 333 g/mol. The Kier molecular flexibility index (Phi) is 5.36. The molecule has 0 unspecified atom stereocenters. The number of likely N-dealkylation sites (tertiary alicyclic amines) is 1. The van der Waals surface area contributed by atoms with Gasteiger partial charge >= 0.3 is 11.1 Å². The van der Waals surface area contributed by atoms with E-state index in [0.717, 1.165) is 48.0 Å². The van der Waals surface area contributed by atoms with Crippen LogP contribution in [0.2, 0.25) is 0 Å². The topological polar surface area (TPSA) is 41.8 Å². The number of hydrogen-bond acceptors (Lipinski definition) is 2. The SMILES string of the molecule is COc1ccc(NC(=[N+]=C2SCCN2C)N2CCCCC2)cc1. The fourth-order valence-corrected chi connectivity index (χ4v) is 3.79. The molecule has 0 amide bonds. The minimum Gasteiger partial charge on any atom is -0.497 e. The molecular weight excluding hydrogens is 308 g/mol. The molecule has 0 spiro atoms. The second-order valence-corrected chi connectivity index (χ2v) is 6.95. The van der Waals surface area contributed by atoms with E-state index >= 15 is 0 Å². The number of thioether (sulfide) groups is 1. The van der Waals surface area contributed by atoms with E-state index in [0.29, 0.717) is 0 Å². The highest BCUT2D eigenvalue weighted by atomic mass is 32.2. The van der Waals surface area contributed by atoms with Gasteiger partial charge in [0.1, 0.15) is 5.75 Å². The molecule has 0 radical (unpaired) electrons. The number of nitrogens with one attached hydrogen (secondary N) is 1. The summed E-state index contributed by atoms with van der Waals surface area (Å²) in [6.07, 6.45) is 3.79. The molecule has 3 rings (SSSR count). The van der Waals surface area contributed by atoms with Gasteiger partial charge < -0.3 is 4.74 Å². The highest BCUT2D eigenvalue weighted by Crippen LogP contribution is 2.17. The number of benzene rings is 1. The van der Waals surface area contributed by atoms with Crippen LogP contribution >= 0.6 is 11.8 Å². The quantitative estimate of drug-likeness (QED) is 0.510. The number of piperidine rings is 1. The molecule has 0 atom stereocenters. The smallest absolute Gasteiger partial charge is 0.402 e. The van der Waals surface area contributed by atoms with Crippen LogP contribution in [0.5, 0.6) is 5.75 Å². The van der Waals surface area contributed by atoms with E-state index < -0.39 is 0 Å².